The molecule has 0 aliphatic heterocycles. The maximum absolute atomic E-state index is 13.1. The van der Waals surface area contributed by atoms with Gasteiger partial charge in [0.15, 0.2) is 5.78 Å². The lowest BCUT2D eigenvalue weighted by Gasteiger charge is -2.48. The van der Waals surface area contributed by atoms with E-state index in [-0.39, 0.29) is 5.41 Å². The first-order valence-corrected chi connectivity index (χ1v) is 9.99. The van der Waals surface area contributed by atoms with Crippen LogP contribution in [0.2, 0.25) is 0 Å². The van der Waals surface area contributed by atoms with Gasteiger partial charge < -0.3 is 4.74 Å². The molecule has 1 aromatic carbocycles. The minimum atomic E-state index is -0.106. The Balaban J connectivity index is 1.66. The van der Waals surface area contributed by atoms with Crippen molar-refractivity contribution in [1.82, 2.24) is 0 Å². The second-order valence-corrected chi connectivity index (χ2v) is 8.49. The fourth-order valence-corrected chi connectivity index (χ4v) is 5.86. The number of Topliss-reactive ketones (excluding diaryl/α,β-unsaturated/α-hetero) is 1. The monoisotopic (exact) mass is 338 g/mol. The van der Waals surface area contributed by atoms with Crippen LogP contribution in [-0.2, 0) is 11.2 Å². The molecule has 134 valence electrons. The van der Waals surface area contributed by atoms with E-state index in [0.29, 0.717) is 23.5 Å². The number of methoxy groups -OCH3 is 1. The maximum Gasteiger partial charge on any atom is 0.164 e. The molecule has 0 amide bonds. The number of unbranched alkanes of at least 4 members (excludes halogenated alkanes) is 1. The molecule has 3 aliphatic rings. The van der Waals surface area contributed by atoms with Crippen molar-refractivity contribution in [3.05, 3.63) is 41.0 Å². The van der Waals surface area contributed by atoms with E-state index in [4.69, 9.17) is 4.74 Å². The summed E-state index contributed by atoms with van der Waals surface area (Å²) in [6, 6.07) is 6.63. The van der Waals surface area contributed by atoms with Crippen LogP contribution >= 0.6 is 0 Å². The largest absolute Gasteiger partial charge is 0.497 e. The van der Waals surface area contributed by atoms with Gasteiger partial charge in [-0.05, 0) is 85.1 Å². The lowest BCUT2D eigenvalue weighted by Crippen LogP contribution is -2.42. The zero-order valence-corrected chi connectivity index (χ0v) is 15.8. The molecule has 0 heterocycles. The van der Waals surface area contributed by atoms with Crippen molar-refractivity contribution in [2.75, 3.05) is 7.11 Å². The Kier molecular flexibility index (Phi) is 4.25. The molecule has 0 spiro atoms. The number of allylic oxidation sites excluding steroid dienone is 2. The lowest BCUT2D eigenvalue weighted by atomic mass is 9.55. The second kappa shape index (κ2) is 6.30. The number of benzene rings is 1. The van der Waals surface area contributed by atoms with Gasteiger partial charge in [0.05, 0.1) is 7.11 Å². The van der Waals surface area contributed by atoms with Crippen molar-refractivity contribution in [2.45, 2.75) is 64.7 Å². The Morgan fingerprint density at radius 2 is 2.16 bits per heavy atom. The van der Waals surface area contributed by atoms with E-state index >= 15 is 0 Å². The highest BCUT2D eigenvalue weighted by Crippen LogP contribution is 2.60. The fourth-order valence-electron chi connectivity index (χ4n) is 5.86. The van der Waals surface area contributed by atoms with E-state index < -0.39 is 0 Å². The standard InChI is InChI=1S/C23H30O2/c1-4-5-6-16-14-21-20-9-7-15-13-17(25-3)8-10-18(15)19(20)11-12-23(21,2)22(16)24/h6,8,10,13,19-21H,4-5,7,9,11-12,14H2,1-3H3/b16-6-/t19?,20?,21?,23-/m0/s1. The van der Waals surface area contributed by atoms with E-state index in [0.717, 1.165) is 49.8 Å². The van der Waals surface area contributed by atoms with Gasteiger partial charge in [-0.15, -0.1) is 0 Å². The average molecular weight is 338 g/mol. The first-order chi connectivity index (χ1) is 12.1. The molecule has 2 nitrogen and oxygen atoms in total. The molecule has 0 N–H and O–H groups in total. The maximum atomic E-state index is 13.1. The van der Waals surface area contributed by atoms with Crippen LogP contribution in [0.25, 0.3) is 0 Å². The Bertz CT molecular complexity index is 717. The van der Waals surface area contributed by atoms with Gasteiger partial charge >= 0.3 is 0 Å². The molecule has 0 radical (unpaired) electrons. The molecule has 0 aromatic heterocycles. The number of carbonyl (C=O) groups excluding carboxylic acids is 1. The van der Waals surface area contributed by atoms with Crippen LogP contribution in [0.3, 0.4) is 0 Å². The van der Waals surface area contributed by atoms with Crippen molar-refractivity contribution in [1.29, 1.82) is 0 Å². The zero-order valence-electron chi connectivity index (χ0n) is 15.8. The Morgan fingerprint density at radius 3 is 2.92 bits per heavy atom. The summed E-state index contributed by atoms with van der Waals surface area (Å²) in [6.45, 7) is 4.44. The van der Waals surface area contributed by atoms with Crippen molar-refractivity contribution in [3.63, 3.8) is 0 Å². The number of fused-ring (bicyclic) bond motifs is 5. The van der Waals surface area contributed by atoms with Gasteiger partial charge in [-0.1, -0.05) is 32.4 Å². The molecular formula is C23H30O2. The summed E-state index contributed by atoms with van der Waals surface area (Å²) in [5.74, 6) is 3.27. The SMILES string of the molecule is CCC/C=C1/CC2C3CCc4cc(OC)ccc4C3CC[C@]2(C)C1=O. The predicted octanol–water partition coefficient (Wildman–Crippen LogP) is 5.46. The number of hydrogen-bond donors (Lipinski definition) is 0. The molecule has 25 heavy (non-hydrogen) atoms. The van der Waals surface area contributed by atoms with E-state index in [2.05, 4.69) is 38.1 Å². The molecule has 2 fully saturated rings. The number of rotatable bonds is 3. The second-order valence-electron chi connectivity index (χ2n) is 8.49. The summed E-state index contributed by atoms with van der Waals surface area (Å²) in [5, 5.41) is 0. The molecular weight excluding hydrogens is 308 g/mol. The van der Waals surface area contributed by atoms with Gasteiger partial charge in [0.1, 0.15) is 5.75 Å². The molecule has 0 saturated heterocycles. The van der Waals surface area contributed by atoms with Gasteiger partial charge in [0.2, 0.25) is 0 Å². The normalized spacial score (nSPS) is 35.2. The highest BCUT2D eigenvalue weighted by molar-refractivity contribution is 6.02. The molecule has 1 aromatic rings. The van der Waals surface area contributed by atoms with Gasteiger partial charge in [-0.2, -0.15) is 0 Å². The summed E-state index contributed by atoms with van der Waals surface area (Å²) in [7, 11) is 1.74. The molecule has 4 atom stereocenters. The van der Waals surface area contributed by atoms with Crippen LogP contribution in [-0.4, -0.2) is 12.9 Å². The quantitative estimate of drug-likeness (QED) is 0.684. The molecule has 0 bridgehead atoms. The summed E-state index contributed by atoms with van der Waals surface area (Å²) in [5.41, 5.74) is 4.02. The number of ketones is 1. The van der Waals surface area contributed by atoms with Crippen LogP contribution in [0.5, 0.6) is 5.75 Å². The van der Waals surface area contributed by atoms with Crippen LogP contribution in [0.4, 0.5) is 0 Å². The minimum Gasteiger partial charge on any atom is -0.497 e. The van der Waals surface area contributed by atoms with Crippen molar-refractivity contribution in [3.8, 4) is 5.75 Å². The van der Waals surface area contributed by atoms with Crippen LogP contribution in [0.15, 0.2) is 29.8 Å². The van der Waals surface area contributed by atoms with E-state index in [1.807, 2.05) is 0 Å². The van der Waals surface area contributed by atoms with E-state index in [9.17, 15) is 4.79 Å². The highest BCUT2D eigenvalue weighted by atomic mass is 16.5. The van der Waals surface area contributed by atoms with Crippen molar-refractivity contribution >= 4 is 5.78 Å². The van der Waals surface area contributed by atoms with Gasteiger partial charge in [0, 0.05) is 5.41 Å². The van der Waals surface area contributed by atoms with Crippen LogP contribution in [0.1, 0.15) is 69.4 Å². The van der Waals surface area contributed by atoms with Gasteiger partial charge in [0.25, 0.3) is 0 Å². The molecule has 4 rings (SSSR count). The Morgan fingerprint density at radius 1 is 1.32 bits per heavy atom. The highest BCUT2D eigenvalue weighted by Gasteiger charge is 2.56. The van der Waals surface area contributed by atoms with Gasteiger partial charge in [-0.3, -0.25) is 4.79 Å². The molecule has 3 aliphatic carbocycles. The van der Waals surface area contributed by atoms with Crippen LogP contribution < -0.4 is 4.74 Å². The topological polar surface area (TPSA) is 26.3 Å². The van der Waals surface area contributed by atoms with Crippen molar-refractivity contribution in [2.24, 2.45) is 17.3 Å². The number of carbonyl (C=O) groups is 1. The van der Waals surface area contributed by atoms with Crippen molar-refractivity contribution < 1.29 is 9.53 Å². The smallest absolute Gasteiger partial charge is 0.164 e. The van der Waals surface area contributed by atoms with E-state index in [1.54, 1.807) is 7.11 Å². The zero-order chi connectivity index (χ0) is 17.6. The molecule has 2 saturated carbocycles. The lowest BCUT2D eigenvalue weighted by molar-refractivity contribution is -0.127. The Hall–Kier alpha value is -1.57. The van der Waals surface area contributed by atoms with Crippen LogP contribution in [0, 0.1) is 17.3 Å². The first-order valence-electron chi connectivity index (χ1n) is 9.99. The number of hydrogen-bond acceptors (Lipinski definition) is 2. The minimum absolute atomic E-state index is 0.106. The first kappa shape index (κ1) is 16.9. The average Bonchev–Trinajstić information content (AvgIpc) is 2.90. The summed E-state index contributed by atoms with van der Waals surface area (Å²) in [6.07, 6.45) is 9.98. The Labute approximate surface area is 151 Å². The molecule has 3 unspecified atom stereocenters. The number of aryl methyl sites for hydroxylation is 1. The number of ether oxygens (including phenoxy) is 1. The third-order valence-electron chi connectivity index (χ3n) is 7.25. The van der Waals surface area contributed by atoms with E-state index in [1.165, 1.54) is 17.5 Å². The van der Waals surface area contributed by atoms with Gasteiger partial charge in [-0.25, -0.2) is 0 Å². The molecule has 2 heteroatoms. The predicted molar refractivity (Wildman–Crippen MR) is 101 cm³/mol. The summed E-state index contributed by atoms with van der Waals surface area (Å²) in [4.78, 5) is 13.1. The third kappa shape index (κ3) is 2.56. The third-order valence-corrected chi connectivity index (χ3v) is 7.25. The fraction of sp³-hybridized carbons (Fsp3) is 0.609. The summed E-state index contributed by atoms with van der Waals surface area (Å²) < 4.78 is 5.42. The summed E-state index contributed by atoms with van der Waals surface area (Å²) >= 11 is 0.